The number of thiazole rings is 1. The van der Waals surface area contributed by atoms with Crippen LogP contribution in [0.1, 0.15) is 46.4 Å². The van der Waals surface area contributed by atoms with Gasteiger partial charge in [0.1, 0.15) is 0 Å². The molecule has 0 aliphatic carbocycles. The highest BCUT2D eigenvalue weighted by molar-refractivity contribution is 7.15. The van der Waals surface area contributed by atoms with Crippen LogP contribution in [-0.2, 0) is 6.54 Å². The molecule has 1 aromatic heterocycles. The SMILES string of the molecule is CCN(CC)c1ncc(CNC(C)C(C)(C)C)s1. The highest BCUT2D eigenvalue weighted by Gasteiger charge is 2.19. The first-order chi connectivity index (χ1) is 8.38. The highest BCUT2D eigenvalue weighted by atomic mass is 32.1. The quantitative estimate of drug-likeness (QED) is 0.856. The van der Waals surface area contributed by atoms with E-state index in [0.29, 0.717) is 11.5 Å². The summed E-state index contributed by atoms with van der Waals surface area (Å²) in [4.78, 5) is 8.11. The molecule has 104 valence electrons. The van der Waals surface area contributed by atoms with Crippen LogP contribution in [0.5, 0.6) is 0 Å². The smallest absolute Gasteiger partial charge is 0.185 e. The lowest BCUT2D eigenvalue weighted by molar-refractivity contribution is 0.286. The van der Waals surface area contributed by atoms with Crippen LogP contribution in [-0.4, -0.2) is 24.1 Å². The van der Waals surface area contributed by atoms with Crippen molar-refractivity contribution in [3.63, 3.8) is 0 Å². The lowest BCUT2D eigenvalue weighted by atomic mass is 9.88. The Balaban J connectivity index is 2.54. The van der Waals surface area contributed by atoms with Gasteiger partial charge >= 0.3 is 0 Å². The van der Waals surface area contributed by atoms with Crippen molar-refractivity contribution in [1.82, 2.24) is 10.3 Å². The first-order valence-electron chi connectivity index (χ1n) is 6.81. The Bertz CT molecular complexity index is 350. The van der Waals surface area contributed by atoms with E-state index in [1.807, 2.05) is 6.20 Å². The monoisotopic (exact) mass is 269 g/mol. The van der Waals surface area contributed by atoms with E-state index in [1.54, 1.807) is 11.3 Å². The van der Waals surface area contributed by atoms with Crippen LogP contribution in [0.25, 0.3) is 0 Å². The summed E-state index contributed by atoms with van der Waals surface area (Å²) in [6.07, 6.45) is 2.00. The first-order valence-corrected chi connectivity index (χ1v) is 7.63. The van der Waals surface area contributed by atoms with Crippen LogP contribution in [0.4, 0.5) is 5.13 Å². The van der Waals surface area contributed by atoms with Crippen LogP contribution in [0.2, 0.25) is 0 Å². The van der Waals surface area contributed by atoms with Crippen molar-refractivity contribution in [2.45, 2.75) is 54.1 Å². The van der Waals surface area contributed by atoms with Crippen molar-refractivity contribution < 1.29 is 0 Å². The topological polar surface area (TPSA) is 28.2 Å². The highest BCUT2D eigenvalue weighted by Crippen LogP contribution is 2.23. The number of hydrogen-bond acceptors (Lipinski definition) is 4. The normalized spacial score (nSPS) is 13.7. The van der Waals surface area contributed by atoms with Crippen LogP contribution in [0.15, 0.2) is 6.20 Å². The summed E-state index contributed by atoms with van der Waals surface area (Å²) in [6.45, 7) is 16.3. The van der Waals surface area contributed by atoms with E-state index < -0.39 is 0 Å². The Kier molecular flexibility index (Phi) is 5.60. The molecule has 18 heavy (non-hydrogen) atoms. The molecule has 0 saturated heterocycles. The number of aromatic nitrogens is 1. The van der Waals surface area contributed by atoms with Gasteiger partial charge in [-0.2, -0.15) is 0 Å². The molecule has 1 N–H and O–H groups in total. The van der Waals surface area contributed by atoms with Gasteiger partial charge in [-0.3, -0.25) is 0 Å². The van der Waals surface area contributed by atoms with E-state index in [4.69, 9.17) is 0 Å². The average Bonchev–Trinajstić information content (AvgIpc) is 2.75. The van der Waals surface area contributed by atoms with E-state index in [1.165, 1.54) is 4.88 Å². The maximum atomic E-state index is 4.50. The molecule has 0 aromatic carbocycles. The minimum Gasteiger partial charge on any atom is -0.349 e. The molecule has 0 bridgehead atoms. The number of nitrogens with one attached hydrogen (secondary N) is 1. The molecular formula is C14H27N3S. The molecule has 1 unspecified atom stereocenters. The van der Waals surface area contributed by atoms with Crippen LogP contribution >= 0.6 is 11.3 Å². The molecule has 0 radical (unpaired) electrons. The van der Waals surface area contributed by atoms with Gasteiger partial charge in [0, 0.05) is 36.8 Å². The van der Waals surface area contributed by atoms with Gasteiger partial charge in [0.25, 0.3) is 0 Å². The van der Waals surface area contributed by atoms with Crippen molar-refractivity contribution in [2.75, 3.05) is 18.0 Å². The van der Waals surface area contributed by atoms with Crippen molar-refractivity contribution in [1.29, 1.82) is 0 Å². The van der Waals surface area contributed by atoms with Crippen molar-refractivity contribution >= 4 is 16.5 Å². The second-order valence-corrected chi connectivity index (χ2v) is 6.84. The first kappa shape index (κ1) is 15.4. The maximum absolute atomic E-state index is 4.50. The third kappa shape index (κ3) is 4.25. The van der Waals surface area contributed by atoms with Crippen molar-refractivity contribution in [3.8, 4) is 0 Å². The minimum atomic E-state index is 0.298. The molecule has 0 aliphatic heterocycles. The van der Waals surface area contributed by atoms with E-state index >= 15 is 0 Å². The summed E-state index contributed by atoms with van der Waals surface area (Å²) in [6, 6.07) is 0.497. The lowest BCUT2D eigenvalue weighted by Crippen LogP contribution is -2.36. The Morgan fingerprint density at radius 2 is 1.94 bits per heavy atom. The van der Waals surface area contributed by atoms with Gasteiger partial charge in [-0.1, -0.05) is 20.8 Å². The fourth-order valence-electron chi connectivity index (χ4n) is 1.58. The number of rotatable bonds is 6. The maximum Gasteiger partial charge on any atom is 0.185 e. The average molecular weight is 269 g/mol. The number of nitrogens with zero attached hydrogens (tertiary/aromatic N) is 2. The fraction of sp³-hybridized carbons (Fsp3) is 0.786. The molecule has 0 fully saturated rings. The summed E-state index contributed by atoms with van der Waals surface area (Å²) in [7, 11) is 0. The van der Waals surface area contributed by atoms with E-state index in [-0.39, 0.29) is 0 Å². The minimum absolute atomic E-state index is 0.298. The molecule has 3 nitrogen and oxygen atoms in total. The molecule has 1 atom stereocenters. The number of anilines is 1. The number of hydrogen-bond donors (Lipinski definition) is 1. The van der Waals surface area contributed by atoms with Gasteiger partial charge < -0.3 is 10.2 Å². The lowest BCUT2D eigenvalue weighted by Gasteiger charge is -2.28. The Morgan fingerprint density at radius 1 is 1.33 bits per heavy atom. The molecule has 0 spiro atoms. The largest absolute Gasteiger partial charge is 0.349 e. The van der Waals surface area contributed by atoms with Gasteiger partial charge in [0.15, 0.2) is 5.13 Å². The molecule has 0 saturated carbocycles. The summed E-state index contributed by atoms with van der Waals surface area (Å²) >= 11 is 1.80. The molecule has 1 rings (SSSR count). The van der Waals surface area contributed by atoms with Crippen LogP contribution in [0, 0.1) is 5.41 Å². The molecule has 1 heterocycles. The van der Waals surface area contributed by atoms with Gasteiger partial charge in [-0.15, -0.1) is 11.3 Å². The summed E-state index contributed by atoms with van der Waals surface area (Å²) in [5, 5.41) is 4.72. The van der Waals surface area contributed by atoms with Crippen LogP contribution < -0.4 is 10.2 Å². The summed E-state index contributed by atoms with van der Waals surface area (Å²) < 4.78 is 0. The van der Waals surface area contributed by atoms with Crippen molar-refractivity contribution in [3.05, 3.63) is 11.1 Å². The fourth-order valence-corrected chi connectivity index (χ4v) is 2.57. The predicted molar refractivity (Wildman–Crippen MR) is 81.4 cm³/mol. The van der Waals surface area contributed by atoms with E-state index in [2.05, 4.69) is 56.7 Å². The molecule has 0 amide bonds. The molecule has 0 aliphatic rings. The molecule has 4 heteroatoms. The third-order valence-electron chi connectivity index (χ3n) is 3.46. The second-order valence-electron chi connectivity index (χ2n) is 5.75. The standard InChI is InChI=1S/C14H27N3S/c1-7-17(8-2)13-16-10-12(18-13)9-15-11(3)14(4,5)6/h10-11,15H,7-9H2,1-6H3. The van der Waals surface area contributed by atoms with Gasteiger partial charge in [-0.25, -0.2) is 4.98 Å². The van der Waals surface area contributed by atoms with Gasteiger partial charge in [0.2, 0.25) is 0 Å². The van der Waals surface area contributed by atoms with E-state index in [9.17, 15) is 0 Å². The molecule has 1 aromatic rings. The predicted octanol–water partition coefficient (Wildman–Crippen LogP) is 3.51. The Morgan fingerprint density at radius 3 is 2.44 bits per heavy atom. The van der Waals surface area contributed by atoms with Gasteiger partial charge in [0.05, 0.1) is 0 Å². The zero-order valence-corrected chi connectivity index (χ0v) is 13.4. The second kappa shape index (κ2) is 6.53. The van der Waals surface area contributed by atoms with E-state index in [0.717, 1.165) is 24.8 Å². The summed E-state index contributed by atoms with van der Waals surface area (Å²) in [5.74, 6) is 0. The van der Waals surface area contributed by atoms with Crippen LogP contribution in [0.3, 0.4) is 0 Å². The Labute approximate surface area is 116 Å². The summed E-state index contributed by atoms with van der Waals surface area (Å²) in [5.41, 5.74) is 0.298. The molecular weight excluding hydrogens is 242 g/mol. The zero-order chi connectivity index (χ0) is 13.8. The van der Waals surface area contributed by atoms with Crippen molar-refractivity contribution in [2.24, 2.45) is 5.41 Å². The van der Waals surface area contributed by atoms with Gasteiger partial charge in [-0.05, 0) is 26.2 Å². The third-order valence-corrected chi connectivity index (χ3v) is 4.51. The zero-order valence-electron chi connectivity index (χ0n) is 12.6. The Hall–Kier alpha value is -0.610.